The third-order valence-electron chi connectivity index (χ3n) is 3.06. The summed E-state index contributed by atoms with van der Waals surface area (Å²) in [7, 11) is 2.51. The van der Waals surface area contributed by atoms with Crippen LogP contribution >= 0.6 is 0 Å². The Hall–Kier alpha value is -2.84. The highest BCUT2D eigenvalue weighted by atomic mass is 16.6. The van der Waals surface area contributed by atoms with Gasteiger partial charge in [-0.05, 0) is 32.4 Å². The number of hydrogen-bond acceptors (Lipinski definition) is 7. The van der Waals surface area contributed by atoms with E-state index in [-0.39, 0.29) is 17.9 Å². The van der Waals surface area contributed by atoms with Crippen LogP contribution in [0, 0.1) is 10.1 Å². The fourth-order valence-electron chi connectivity index (χ4n) is 2.03. The molecule has 1 aromatic carbocycles. The standard InChI is InChI=1S/C16H22N2O7/c1-16(2,3)25-15(20)17-11(14(19)24-5)8-10-6-7-13(23-4)12(9-10)18(21)22/h6-7,9,11H,8H2,1-5H3,(H,17,20)/t11-/m0/s1. The van der Waals surface area contributed by atoms with E-state index in [9.17, 15) is 19.7 Å². The predicted octanol–water partition coefficient (Wildman–Crippen LogP) is 2.21. The number of nitrogens with zero attached hydrogens (tertiary/aromatic N) is 1. The van der Waals surface area contributed by atoms with Crippen LogP contribution in [0.4, 0.5) is 10.5 Å². The third kappa shape index (κ3) is 6.28. The molecule has 1 amide bonds. The van der Waals surface area contributed by atoms with E-state index in [0.29, 0.717) is 5.56 Å². The van der Waals surface area contributed by atoms with Crippen molar-refractivity contribution in [3.63, 3.8) is 0 Å². The minimum absolute atomic E-state index is 0.00322. The lowest BCUT2D eigenvalue weighted by molar-refractivity contribution is -0.385. The minimum atomic E-state index is -1.05. The van der Waals surface area contributed by atoms with Crippen molar-refractivity contribution >= 4 is 17.7 Å². The second-order valence-corrected chi connectivity index (χ2v) is 6.19. The van der Waals surface area contributed by atoms with E-state index in [1.54, 1.807) is 26.8 Å². The number of nitro benzene ring substituents is 1. The Morgan fingerprint density at radius 2 is 1.92 bits per heavy atom. The molecule has 0 aliphatic heterocycles. The number of ether oxygens (including phenoxy) is 3. The molecule has 1 atom stereocenters. The van der Waals surface area contributed by atoms with Crippen LogP contribution in [0.3, 0.4) is 0 Å². The van der Waals surface area contributed by atoms with E-state index < -0.39 is 28.6 Å². The lowest BCUT2D eigenvalue weighted by Gasteiger charge is -2.22. The molecule has 1 rings (SSSR count). The second-order valence-electron chi connectivity index (χ2n) is 6.19. The zero-order chi connectivity index (χ0) is 19.2. The van der Waals surface area contributed by atoms with Gasteiger partial charge in [0.1, 0.15) is 11.6 Å². The quantitative estimate of drug-likeness (QED) is 0.473. The van der Waals surface area contributed by atoms with Gasteiger partial charge in [0.15, 0.2) is 5.75 Å². The molecule has 1 N–H and O–H groups in total. The average molecular weight is 354 g/mol. The van der Waals surface area contributed by atoms with Crippen molar-refractivity contribution in [2.75, 3.05) is 14.2 Å². The van der Waals surface area contributed by atoms with Crippen molar-refractivity contribution in [1.29, 1.82) is 0 Å². The third-order valence-corrected chi connectivity index (χ3v) is 3.06. The molecule has 0 spiro atoms. The molecule has 0 saturated heterocycles. The Kier molecular flexibility index (Phi) is 6.72. The summed E-state index contributed by atoms with van der Waals surface area (Å²) < 4.78 is 14.7. The number of rotatable bonds is 6. The average Bonchev–Trinajstić information content (AvgIpc) is 2.51. The number of nitro groups is 1. The van der Waals surface area contributed by atoms with Crippen molar-refractivity contribution in [1.82, 2.24) is 5.32 Å². The van der Waals surface area contributed by atoms with Gasteiger partial charge < -0.3 is 19.5 Å². The van der Waals surface area contributed by atoms with Crippen LogP contribution in [0.15, 0.2) is 18.2 Å². The van der Waals surface area contributed by atoms with Gasteiger partial charge >= 0.3 is 17.7 Å². The summed E-state index contributed by atoms with van der Waals surface area (Å²) in [5.41, 5.74) is -0.510. The van der Waals surface area contributed by atoms with Crippen LogP contribution < -0.4 is 10.1 Å². The van der Waals surface area contributed by atoms with Gasteiger partial charge in [0.25, 0.3) is 0 Å². The Morgan fingerprint density at radius 1 is 1.28 bits per heavy atom. The topological polar surface area (TPSA) is 117 Å². The molecule has 0 aliphatic carbocycles. The highest BCUT2D eigenvalue weighted by Crippen LogP contribution is 2.28. The molecule has 0 bridgehead atoms. The maximum absolute atomic E-state index is 11.9. The Bertz CT molecular complexity index is 652. The number of carbonyl (C=O) groups is 2. The summed E-state index contributed by atoms with van der Waals surface area (Å²) in [4.78, 5) is 34.3. The number of esters is 1. The van der Waals surface area contributed by atoms with Crippen molar-refractivity contribution in [2.24, 2.45) is 0 Å². The van der Waals surface area contributed by atoms with Gasteiger partial charge in [-0.1, -0.05) is 6.07 Å². The molecule has 0 saturated carbocycles. The number of carbonyl (C=O) groups excluding carboxylic acids is 2. The lowest BCUT2D eigenvalue weighted by Crippen LogP contribution is -2.45. The minimum Gasteiger partial charge on any atom is -0.490 e. The number of alkyl carbamates (subject to hydrolysis) is 1. The van der Waals surface area contributed by atoms with Gasteiger partial charge in [0.2, 0.25) is 0 Å². The summed E-state index contributed by atoms with van der Waals surface area (Å²) >= 11 is 0. The predicted molar refractivity (Wildman–Crippen MR) is 88.5 cm³/mol. The summed E-state index contributed by atoms with van der Waals surface area (Å²) in [6.45, 7) is 5.06. The number of amides is 1. The molecule has 9 nitrogen and oxygen atoms in total. The first kappa shape index (κ1) is 20.2. The summed E-state index contributed by atoms with van der Waals surface area (Å²) in [6, 6.07) is 3.23. The summed E-state index contributed by atoms with van der Waals surface area (Å²) in [5.74, 6) is -0.590. The van der Waals surface area contributed by atoms with Crippen LogP contribution in [-0.2, 0) is 20.7 Å². The molecule has 0 fully saturated rings. The zero-order valence-corrected chi connectivity index (χ0v) is 14.8. The first-order valence-corrected chi connectivity index (χ1v) is 7.46. The summed E-state index contributed by atoms with van der Waals surface area (Å²) in [5, 5.41) is 13.5. The molecule has 0 unspecified atom stereocenters. The zero-order valence-electron chi connectivity index (χ0n) is 14.8. The van der Waals surface area contributed by atoms with Crippen molar-refractivity contribution in [2.45, 2.75) is 38.8 Å². The van der Waals surface area contributed by atoms with Crippen molar-refractivity contribution in [3.05, 3.63) is 33.9 Å². The molecule has 0 aliphatic rings. The Balaban J connectivity index is 2.99. The van der Waals surface area contributed by atoms with Gasteiger partial charge in [0.05, 0.1) is 19.1 Å². The van der Waals surface area contributed by atoms with Gasteiger partial charge in [-0.25, -0.2) is 9.59 Å². The highest BCUT2D eigenvalue weighted by molar-refractivity contribution is 5.81. The molecular weight excluding hydrogens is 332 g/mol. The van der Waals surface area contributed by atoms with Gasteiger partial charge in [-0.3, -0.25) is 10.1 Å². The molecule has 0 heterocycles. The first-order chi connectivity index (χ1) is 11.6. The van der Waals surface area contributed by atoms with Gasteiger partial charge in [0, 0.05) is 12.5 Å². The van der Waals surface area contributed by atoms with Crippen molar-refractivity contribution < 1.29 is 28.7 Å². The van der Waals surface area contributed by atoms with Crippen LogP contribution in [-0.4, -0.2) is 42.8 Å². The molecular formula is C16H22N2O7. The monoisotopic (exact) mass is 354 g/mol. The van der Waals surface area contributed by atoms with E-state index in [1.165, 1.54) is 26.4 Å². The van der Waals surface area contributed by atoms with E-state index in [1.807, 2.05) is 0 Å². The molecule has 0 aromatic heterocycles. The second kappa shape index (κ2) is 8.32. The fourth-order valence-corrected chi connectivity index (χ4v) is 2.03. The number of benzene rings is 1. The maximum Gasteiger partial charge on any atom is 0.408 e. The molecule has 9 heteroatoms. The van der Waals surface area contributed by atoms with Gasteiger partial charge in [-0.2, -0.15) is 0 Å². The van der Waals surface area contributed by atoms with Gasteiger partial charge in [-0.15, -0.1) is 0 Å². The summed E-state index contributed by atoms with van der Waals surface area (Å²) in [6.07, 6.45) is -0.789. The lowest BCUT2D eigenvalue weighted by atomic mass is 10.0. The highest BCUT2D eigenvalue weighted by Gasteiger charge is 2.26. The molecule has 0 radical (unpaired) electrons. The van der Waals surface area contributed by atoms with Crippen LogP contribution in [0.2, 0.25) is 0 Å². The SMILES string of the molecule is COC(=O)[C@H](Cc1ccc(OC)c([N+](=O)[O-])c1)NC(=O)OC(C)(C)C. The van der Waals surface area contributed by atoms with E-state index in [4.69, 9.17) is 9.47 Å². The number of hydrogen-bond donors (Lipinski definition) is 1. The molecule has 1 aromatic rings. The maximum atomic E-state index is 11.9. The first-order valence-electron chi connectivity index (χ1n) is 7.46. The van der Waals surface area contributed by atoms with E-state index >= 15 is 0 Å². The van der Waals surface area contributed by atoms with Crippen LogP contribution in [0.1, 0.15) is 26.3 Å². The smallest absolute Gasteiger partial charge is 0.408 e. The largest absolute Gasteiger partial charge is 0.490 e. The number of nitrogens with one attached hydrogen (secondary N) is 1. The fraction of sp³-hybridized carbons (Fsp3) is 0.500. The van der Waals surface area contributed by atoms with E-state index in [2.05, 4.69) is 10.1 Å². The van der Waals surface area contributed by atoms with Crippen molar-refractivity contribution in [3.8, 4) is 5.75 Å². The molecule has 25 heavy (non-hydrogen) atoms. The van der Waals surface area contributed by atoms with E-state index in [0.717, 1.165) is 0 Å². The molecule has 138 valence electrons. The Labute approximate surface area is 145 Å². The van der Waals surface area contributed by atoms with Crippen LogP contribution in [0.25, 0.3) is 0 Å². The normalized spacial score (nSPS) is 12.0. The number of methoxy groups -OCH3 is 2. The van der Waals surface area contributed by atoms with Crippen LogP contribution in [0.5, 0.6) is 5.75 Å². The Morgan fingerprint density at radius 3 is 2.40 bits per heavy atom.